The number of nitrogens with zero attached hydrogens (tertiary/aromatic N) is 1. The predicted octanol–water partition coefficient (Wildman–Crippen LogP) is 0.462. The Morgan fingerprint density at radius 1 is 1.00 bits per heavy atom. The van der Waals surface area contributed by atoms with Gasteiger partial charge in [0.2, 0.25) is 5.91 Å². The van der Waals surface area contributed by atoms with Gasteiger partial charge in [0.15, 0.2) is 0 Å². The number of aliphatic hydroxyl groups is 2. The summed E-state index contributed by atoms with van der Waals surface area (Å²) in [7, 11) is 0. The van der Waals surface area contributed by atoms with Crippen molar-refractivity contribution in [2.24, 2.45) is 0 Å². The number of hydrogen-bond acceptors (Lipinski definition) is 4. The molecule has 0 fully saturated rings. The van der Waals surface area contributed by atoms with E-state index in [2.05, 4.69) is 5.32 Å². The van der Waals surface area contributed by atoms with Crippen molar-refractivity contribution in [3.05, 3.63) is 0 Å². The summed E-state index contributed by atoms with van der Waals surface area (Å²) in [4.78, 5) is 12.4. The van der Waals surface area contributed by atoms with Gasteiger partial charge in [-0.15, -0.1) is 0 Å². The van der Waals surface area contributed by atoms with Crippen LogP contribution in [-0.4, -0.2) is 60.4 Å². The topological polar surface area (TPSA) is 72.8 Å². The molecule has 0 atom stereocenters. The zero-order valence-corrected chi connectivity index (χ0v) is 12.0. The highest BCUT2D eigenvalue weighted by Gasteiger charge is 2.02. The lowest BCUT2D eigenvalue weighted by Crippen LogP contribution is -2.37. The number of rotatable bonds is 7. The molecule has 0 radical (unpaired) electrons. The van der Waals surface area contributed by atoms with Crippen LogP contribution in [-0.2, 0) is 4.79 Å². The monoisotopic (exact) mass is 250 g/mol. The zero-order chi connectivity index (χ0) is 14.1. The third-order valence-electron chi connectivity index (χ3n) is 1.63. The van der Waals surface area contributed by atoms with Crippen LogP contribution in [0, 0.1) is 0 Å². The molecular formula is C12H30N2O3. The maximum absolute atomic E-state index is 10.5. The van der Waals surface area contributed by atoms with Crippen LogP contribution in [0.15, 0.2) is 0 Å². The fraction of sp³-hybridized carbons (Fsp3) is 0.917. The lowest BCUT2D eigenvalue weighted by Gasteiger charge is -2.19. The molecule has 0 rings (SSSR count). The lowest BCUT2D eigenvalue weighted by atomic mass is 10.4. The van der Waals surface area contributed by atoms with Crippen LogP contribution in [0.5, 0.6) is 0 Å². The van der Waals surface area contributed by atoms with Crippen molar-refractivity contribution in [1.82, 2.24) is 10.2 Å². The molecule has 0 aliphatic heterocycles. The first-order valence-corrected chi connectivity index (χ1v) is 6.39. The molecule has 0 aliphatic rings. The zero-order valence-electron chi connectivity index (χ0n) is 12.0. The molecule has 0 saturated heterocycles. The Labute approximate surface area is 106 Å². The number of hydrogen-bond donors (Lipinski definition) is 3. The average molecular weight is 250 g/mol. The lowest BCUT2D eigenvalue weighted by molar-refractivity contribution is -0.119. The van der Waals surface area contributed by atoms with Gasteiger partial charge in [-0.3, -0.25) is 9.69 Å². The van der Waals surface area contributed by atoms with E-state index in [4.69, 9.17) is 10.2 Å². The average Bonchev–Trinajstić information content (AvgIpc) is 2.34. The van der Waals surface area contributed by atoms with Crippen LogP contribution in [0.4, 0.5) is 0 Å². The molecule has 0 aromatic heterocycles. The standard InChI is InChI=1S/C8H18N2O3.2C2H6/c1-8(13)9-2-3-10(4-6-11)5-7-12;2*1-2/h11-12H,2-7H2,1H3,(H,9,13);2*1-2H3. The van der Waals surface area contributed by atoms with Gasteiger partial charge in [-0.1, -0.05) is 27.7 Å². The number of carbonyl (C=O) groups is 1. The smallest absolute Gasteiger partial charge is 0.216 e. The normalized spacial score (nSPS) is 8.71. The molecular weight excluding hydrogens is 220 g/mol. The van der Waals surface area contributed by atoms with Gasteiger partial charge in [-0.05, 0) is 0 Å². The van der Waals surface area contributed by atoms with Crippen LogP contribution in [0.3, 0.4) is 0 Å². The molecule has 0 heterocycles. The van der Waals surface area contributed by atoms with Crippen molar-refractivity contribution in [3.8, 4) is 0 Å². The number of nitrogens with one attached hydrogen (secondary N) is 1. The van der Waals surface area contributed by atoms with Crippen molar-refractivity contribution in [3.63, 3.8) is 0 Å². The predicted molar refractivity (Wildman–Crippen MR) is 72.0 cm³/mol. The van der Waals surface area contributed by atoms with Gasteiger partial charge in [-0.25, -0.2) is 0 Å². The summed E-state index contributed by atoms with van der Waals surface area (Å²) >= 11 is 0. The van der Waals surface area contributed by atoms with E-state index in [9.17, 15) is 4.79 Å². The Hall–Kier alpha value is -0.650. The molecule has 5 nitrogen and oxygen atoms in total. The summed E-state index contributed by atoms with van der Waals surface area (Å²) in [5.41, 5.74) is 0. The van der Waals surface area contributed by atoms with Crippen LogP contribution in [0.25, 0.3) is 0 Å². The highest BCUT2D eigenvalue weighted by Crippen LogP contribution is 1.84. The minimum atomic E-state index is -0.0621. The minimum Gasteiger partial charge on any atom is -0.395 e. The summed E-state index contributed by atoms with van der Waals surface area (Å²) < 4.78 is 0. The molecule has 1 amide bonds. The molecule has 3 N–H and O–H groups in total. The fourth-order valence-electron chi connectivity index (χ4n) is 1.01. The summed E-state index contributed by atoms with van der Waals surface area (Å²) in [6.45, 7) is 11.9. The van der Waals surface area contributed by atoms with Crippen LogP contribution < -0.4 is 5.32 Å². The van der Waals surface area contributed by atoms with E-state index in [1.165, 1.54) is 6.92 Å². The molecule has 17 heavy (non-hydrogen) atoms. The highest BCUT2D eigenvalue weighted by molar-refractivity contribution is 5.72. The third-order valence-corrected chi connectivity index (χ3v) is 1.63. The van der Waals surface area contributed by atoms with Crippen molar-refractivity contribution >= 4 is 5.91 Å². The summed E-state index contributed by atoms with van der Waals surface area (Å²) in [6.07, 6.45) is 0. The van der Waals surface area contributed by atoms with Crippen LogP contribution in [0.1, 0.15) is 34.6 Å². The largest absolute Gasteiger partial charge is 0.395 e. The van der Waals surface area contributed by atoms with Crippen LogP contribution >= 0.6 is 0 Å². The van der Waals surface area contributed by atoms with Crippen LogP contribution in [0.2, 0.25) is 0 Å². The fourth-order valence-corrected chi connectivity index (χ4v) is 1.01. The molecule has 0 saturated carbocycles. The van der Waals surface area contributed by atoms with Crippen molar-refractivity contribution in [2.75, 3.05) is 39.4 Å². The molecule has 5 heteroatoms. The van der Waals surface area contributed by atoms with E-state index in [1.807, 2.05) is 32.6 Å². The maximum Gasteiger partial charge on any atom is 0.216 e. The summed E-state index contributed by atoms with van der Waals surface area (Å²) in [6, 6.07) is 0. The Kier molecular flexibility index (Phi) is 26.4. The molecule has 0 bridgehead atoms. The SMILES string of the molecule is CC.CC.CC(=O)NCCN(CCO)CCO. The number of aliphatic hydroxyl groups excluding tert-OH is 2. The number of amides is 1. The third kappa shape index (κ3) is 21.2. The van der Waals surface area contributed by atoms with E-state index >= 15 is 0 Å². The highest BCUT2D eigenvalue weighted by atomic mass is 16.3. The molecule has 0 aliphatic carbocycles. The number of carbonyl (C=O) groups excluding carboxylic acids is 1. The quantitative estimate of drug-likeness (QED) is 0.614. The first-order chi connectivity index (χ1) is 8.20. The molecule has 0 aromatic rings. The van der Waals surface area contributed by atoms with Gasteiger partial charge >= 0.3 is 0 Å². The van der Waals surface area contributed by atoms with Gasteiger partial charge in [0.1, 0.15) is 0 Å². The molecule has 0 spiro atoms. The van der Waals surface area contributed by atoms with Gasteiger partial charge in [0.25, 0.3) is 0 Å². The van der Waals surface area contributed by atoms with Gasteiger partial charge in [0, 0.05) is 33.1 Å². The molecule has 0 aromatic carbocycles. The Bertz CT molecular complexity index is 138. The Morgan fingerprint density at radius 2 is 1.41 bits per heavy atom. The maximum atomic E-state index is 10.5. The van der Waals surface area contributed by atoms with E-state index in [-0.39, 0.29) is 19.1 Å². The molecule has 106 valence electrons. The second-order valence-electron chi connectivity index (χ2n) is 2.77. The Morgan fingerprint density at radius 3 is 1.71 bits per heavy atom. The first-order valence-electron chi connectivity index (χ1n) is 6.39. The van der Waals surface area contributed by atoms with E-state index < -0.39 is 0 Å². The van der Waals surface area contributed by atoms with E-state index in [1.54, 1.807) is 0 Å². The van der Waals surface area contributed by atoms with E-state index in [0.29, 0.717) is 26.2 Å². The van der Waals surface area contributed by atoms with Crippen molar-refractivity contribution < 1.29 is 15.0 Å². The summed E-state index contributed by atoms with van der Waals surface area (Å²) in [5, 5.41) is 20.0. The van der Waals surface area contributed by atoms with Gasteiger partial charge < -0.3 is 15.5 Å². The first kappa shape index (κ1) is 21.6. The summed E-state index contributed by atoms with van der Waals surface area (Å²) in [5.74, 6) is -0.0621. The Balaban J connectivity index is -0.000000439. The minimum absolute atomic E-state index is 0.0621. The second-order valence-corrected chi connectivity index (χ2v) is 2.77. The molecule has 0 unspecified atom stereocenters. The van der Waals surface area contributed by atoms with Crippen molar-refractivity contribution in [1.29, 1.82) is 0 Å². The van der Waals surface area contributed by atoms with Gasteiger partial charge in [-0.2, -0.15) is 0 Å². The second kappa shape index (κ2) is 20.7. The van der Waals surface area contributed by atoms with Crippen molar-refractivity contribution in [2.45, 2.75) is 34.6 Å². The van der Waals surface area contributed by atoms with E-state index in [0.717, 1.165) is 0 Å². The van der Waals surface area contributed by atoms with Gasteiger partial charge in [0.05, 0.1) is 13.2 Å².